The molecule has 1 saturated heterocycles. The summed E-state index contributed by atoms with van der Waals surface area (Å²) >= 11 is 0. The van der Waals surface area contributed by atoms with Crippen molar-refractivity contribution >= 4 is 11.8 Å². The minimum Gasteiger partial charge on any atom is -0.393 e. The molecule has 0 aromatic carbocycles. The van der Waals surface area contributed by atoms with Crippen molar-refractivity contribution < 1.29 is 14.7 Å². The van der Waals surface area contributed by atoms with Gasteiger partial charge in [0.1, 0.15) is 0 Å². The van der Waals surface area contributed by atoms with E-state index in [1.54, 1.807) is 6.92 Å². The minimum atomic E-state index is -0.436. The number of aliphatic hydroxyl groups excluding tert-OH is 1. The molecule has 0 bridgehead atoms. The quantitative estimate of drug-likeness (QED) is 0.620. The fourth-order valence-electron chi connectivity index (χ4n) is 1.33. The molecule has 1 aliphatic heterocycles. The van der Waals surface area contributed by atoms with Gasteiger partial charge >= 0.3 is 0 Å². The minimum absolute atomic E-state index is 0.0241. The van der Waals surface area contributed by atoms with Crippen LogP contribution in [0, 0.1) is 0 Å². The first-order valence-electron chi connectivity index (χ1n) is 4.82. The molecule has 2 N–H and O–H groups in total. The van der Waals surface area contributed by atoms with E-state index in [2.05, 4.69) is 5.32 Å². The van der Waals surface area contributed by atoms with Crippen LogP contribution in [0.15, 0.2) is 0 Å². The van der Waals surface area contributed by atoms with Gasteiger partial charge in [-0.15, -0.1) is 0 Å². The van der Waals surface area contributed by atoms with Crippen molar-refractivity contribution in [2.75, 3.05) is 19.6 Å². The van der Waals surface area contributed by atoms with Gasteiger partial charge in [-0.25, -0.2) is 0 Å². The number of carbonyl (C=O) groups is 2. The molecule has 1 heterocycles. The summed E-state index contributed by atoms with van der Waals surface area (Å²) in [6.07, 6.45) is 0.430. The molecule has 0 aliphatic carbocycles. The second kappa shape index (κ2) is 4.95. The lowest BCUT2D eigenvalue weighted by Gasteiger charge is -2.19. The zero-order valence-corrected chi connectivity index (χ0v) is 8.32. The van der Waals surface area contributed by atoms with E-state index in [1.165, 1.54) is 4.90 Å². The molecule has 1 rings (SSSR count). The fraction of sp³-hybridized carbons (Fsp3) is 0.778. The topological polar surface area (TPSA) is 69.6 Å². The molecular formula is C9H16N2O3. The molecule has 0 spiro atoms. The van der Waals surface area contributed by atoms with E-state index >= 15 is 0 Å². The molecular weight excluding hydrogens is 184 g/mol. The highest BCUT2D eigenvalue weighted by Crippen LogP contribution is 2.01. The predicted molar refractivity (Wildman–Crippen MR) is 50.5 cm³/mol. The van der Waals surface area contributed by atoms with Crippen molar-refractivity contribution in [2.24, 2.45) is 0 Å². The van der Waals surface area contributed by atoms with Crippen molar-refractivity contribution in [3.05, 3.63) is 0 Å². The summed E-state index contributed by atoms with van der Waals surface area (Å²) in [5.41, 5.74) is 0. The highest BCUT2D eigenvalue weighted by Gasteiger charge is 2.20. The summed E-state index contributed by atoms with van der Waals surface area (Å²) in [5, 5.41) is 11.7. The van der Waals surface area contributed by atoms with Crippen LogP contribution in [-0.2, 0) is 9.59 Å². The molecule has 0 radical (unpaired) electrons. The lowest BCUT2D eigenvalue weighted by Crippen LogP contribution is -2.37. The summed E-state index contributed by atoms with van der Waals surface area (Å²) in [6, 6.07) is 0. The molecule has 1 unspecified atom stereocenters. The third-order valence-corrected chi connectivity index (χ3v) is 2.16. The van der Waals surface area contributed by atoms with Gasteiger partial charge in [-0.05, 0) is 13.3 Å². The lowest BCUT2D eigenvalue weighted by molar-refractivity contribution is -0.133. The molecule has 2 amide bonds. The van der Waals surface area contributed by atoms with Gasteiger partial charge in [-0.1, -0.05) is 0 Å². The third kappa shape index (κ3) is 3.33. The molecule has 0 aromatic heterocycles. The van der Waals surface area contributed by atoms with Gasteiger partial charge in [-0.2, -0.15) is 0 Å². The van der Waals surface area contributed by atoms with Crippen LogP contribution in [0.25, 0.3) is 0 Å². The van der Waals surface area contributed by atoms with Gasteiger partial charge in [0.15, 0.2) is 0 Å². The molecule has 1 atom stereocenters. The van der Waals surface area contributed by atoms with Gasteiger partial charge in [0, 0.05) is 19.5 Å². The monoisotopic (exact) mass is 200 g/mol. The highest BCUT2D eigenvalue weighted by molar-refractivity contribution is 5.87. The maximum Gasteiger partial charge on any atom is 0.239 e. The van der Waals surface area contributed by atoms with Crippen molar-refractivity contribution in [1.29, 1.82) is 0 Å². The number of nitrogens with zero attached hydrogens (tertiary/aromatic N) is 1. The van der Waals surface area contributed by atoms with Crippen LogP contribution in [0.1, 0.15) is 19.8 Å². The Kier molecular flexibility index (Phi) is 3.88. The van der Waals surface area contributed by atoms with Crippen molar-refractivity contribution in [3.63, 3.8) is 0 Å². The van der Waals surface area contributed by atoms with Gasteiger partial charge in [0.05, 0.1) is 12.6 Å². The van der Waals surface area contributed by atoms with E-state index in [0.717, 1.165) is 0 Å². The number of carbonyl (C=O) groups excluding carboxylic acids is 2. The molecule has 1 fully saturated rings. The maximum atomic E-state index is 11.4. The van der Waals surface area contributed by atoms with Crippen LogP contribution < -0.4 is 5.32 Å². The number of rotatable bonds is 3. The lowest BCUT2D eigenvalue weighted by atomic mass is 10.2. The summed E-state index contributed by atoms with van der Waals surface area (Å²) in [7, 11) is 0. The van der Waals surface area contributed by atoms with Crippen LogP contribution in [0.4, 0.5) is 0 Å². The number of hydrogen-bond donors (Lipinski definition) is 2. The Labute approximate surface area is 83.1 Å². The van der Waals surface area contributed by atoms with E-state index < -0.39 is 6.10 Å². The zero-order valence-electron chi connectivity index (χ0n) is 8.32. The standard InChI is InChI=1S/C9H16N2O3/c1-7(12)3-5-11-6-8(13)10-4-2-9(11)14/h7,12H,2-6H2,1H3,(H,10,13). The molecule has 5 heteroatoms. The molecule has 1 aliphatic rings. The van der Waals surface area contributed by atoms with Gasteiger partial charge in [0.2, 0.25) is 11.8 Å². The third-order valence-electron chi connectivity index (χ3n) is 2.16. The SMILES string of the molecule is CC(O)CCN1CC(=O)NCCC1=O. The van der Waals surface area contributed by atoms with E-state index in [4.69, 9.17) is 5.11 Å². The Balaban J connectivity index is 2.46. The normalized spacial score (nSPS) is 20.3. The van der Waals surface area contributed by atoms with E-state index in [-0.39, 0.29) is 18.4 Å². The van der Waals surface area contributed by atoms with E-state index in [1.807, 2.05) is 0 Å². The van der Waals surface area contributed by atoms with Crippen molar-refractivity contribution in [3.8, 4) is 0 Å². The van der Waals surface area contributed by atoms with E-state index in [9.17, 15) is 9.59 Å². The average Bonchev–Trinajstić information content (AvgIpc) is 2.25. The molecule has 0 aromatic rings. The Bertz CT molecular complexity index is 228. The first kappa shape index (κ1) is 11.0. The smallest absolute Gasteiger partial charge is 0.239 e. The molecule has 80 valence electrons. The van der Waals surface area contributed by atoms with Crippen LogP contribution in [0.2, 0.25) is 0 Å². The van der Waals surface area contributed by atoms with Gasteiger partial charge < -0.3 is 15.3 Å². The van der Waals surface area contributed by atoms with Crippen LogP contribution >= 0.6 is 0 Å². The molecule has 0 saturated carbocycles. The van der Waals surface area contributed by atoms with Gasteiger partial charge in [-0.3, -0.25) is 9.59 Å². The van der Waals surface area contributed by atoms with Crippen LogP contribution in [0.5, 0.6) is 0 Å². The highest BCUT2D eigenvalue weighted by atomic mass is 16.3. The average molecular weight is 200 g/mol. The Morgan fingerprint density at radius 3 is 2.93 bits per heavy atom. The Morgan fingerprint density at radius 1 is 1.57 bits per heavy atom. The summed E-state index contributed by atoms with van der Waals surface area (Å²) in [5.74, 6) is -0.148. The number of amides is 2. The molecule has 5 nitrogen and oxygen atoms in total. The first-order chi connectivity index (χ1) is 6.59. The van der Waals surface area contributed by atoms with Crippen molar-refractivity contribution in [1.82, 2.24) is 10.2 Å². The largest absolute Gasteiger partial charge is 0.393 e. The summed E-state index contributed by atoms with van der Waals surface area (Å²) in [6.45, 7) is 2.65. The van der Waals surface area contributed by atoms with Gasteiger partial charge in [0.25, 0.3) is 0 Å². The number of aliphatic hydroxyl groups is 1. The first-order valence-corrected chi connectivity index (χ1v) is 4.82. The predicted octanol–water partition coefficient (Wildman–Crippen LogP) is -0.894. The van der Waals surface area contributed by atoms with Crippen molar-refractivity contribution in [2.45, 2.75) is 25.9 Å². The van der Waals surface area contributed by atoms with Crippen LogP contribution in [0.3, 0.4) is 0 Å². The number of hydrogen-bond acceptors (Lipinski definition) is 3. The van der Waals surface area contributed by atoms with E-state index in [0.29, 0.717) is 25.9 Å². The second-order valence-electron chi connectivity index (χ2n) is 3.55. The molecule has 14 heavy (non-hydrogen) atoms. The Morgan fingerprint density at radius 2 is 2.29 bits per heavy atom. The van der Waals surface area contributed by atoms with Crippen LogP contribution in [-0.4, -0.2) is 47.6 Å². The second-order valence-corrected chi connectivity index (χ2v) is 3.55. The number of nitrogens with one attached hydrogen (secondary N) is 1. The maximum absolute atomic E-state index is 11.4. The Hall–Kier alpha value is -1.10. The zero-order chi connectivity index (χ0) is 10.6. The fourth-order valence-corrected chi connectivity index (χ4v) is 1.33. The summed E-state index contributed by atoms with van der Waals surface area (Å²) in [4.78, 5) is 24.0. The summed E-state index contributed by atoms with van der Waals surface area (Å²) < 4.78 is 0.